The Balaban J connectivity index is 2.00. The van der Waals surface area contributed by atoms with Crippen molar-refractivity contribution in [3.8, 4) is 22.4 Å². The number of rotatable bonds is 0. The van der Waals surface area contributed by atoms with Gasteiger partial charge in [0, 0.05) is 17.0 Å². The van der Waals surface area contributed by atoms with Crippen molar-refractivity contribution in [3.05, 3.63) is 76.5 Å². The predicted molar refractivity (Wildman–Crippen MR) is 98.1 cm³/mol. The van der Waals surface area contributed by atoms with Crippen LogP contribution in [0.2, 0.25) is 0 Å². The van der Waals surface area contributed by atoms with E-state index in [4.69, 9.17) is 0 Å². The summed E-state index contributed by atoms with van der Waals surface area (Å²) < 4.78 is 2.31. The first-order chi connectivity index (χ1) is 11.5. The monoisotopic (exact) mass is 312 g/mol. The zero-order valence-corrected chi connectivity index (χ0v) is 14.8. The molecule has 0 fully saturated rings. The summed E-state index contributed by atoms with van der Waals surface area (Å²) in [5.41, 5.74) is 13.1. The van der Waals surface area contributed by atoms with Gasteiger partial charge in [-0.1, -0.05) is 43.3 Å². The topological polar surface area (TPSA) is 3.88 Å². The van der Waals surface area contributed by atoms with Gasteiger partial charge in [0.05, 0.1) is 5.56 Å². The molecular formula is C23H22N+. The highest BCUT2D eigenvalue weighted by molar-refractivity contribution is 5.91. The summed E-state index contributed by atoms with van der Waals surface area (Å²) in [5, 5.41) is 0. The molecule has 24 heavy (non-hydrogen) atoms. The van der Waals surface area contributed by atoms with Crippen LogP contribution in [0.15, 0.2) is 48.7 Å². The Bertz CT molecular complexity index is 1030. The Labute approximate surface area is 143 Å². The maximum Gasteiger partial charge on any atom is 0.216 e. The number of benzene rings is 2. The molecule has 0 radical (unpaired) electrons. The van der Waals surface area contributed by atoms with E-state index in [9.17, 15) is 0 Å². The molecule has 0 amide bonds. The summed E-state index contributed by atoms with van der Waals surface area (Å²) in [7, 11) is 2.18. The predicted octanol–water partition coefficient (Wildman–Crippen LogP) is 4.64. The van der Waals surface area contributed by atoms with Gasteiger partial charge < -0.3 is 0 Å². The lowest BCUT2D eigenvalue weighted by Crippen LogP contribution is -2.38. The molecule has 5 rings (SSSR count). The molecule has 118 valence electrons. The second-order valence-electron chi connectivity index (χ2n) is 7.67. The van der Waals surface area contributed by atoms with Crippen LogP contribution in [0.3, 0.4) is 0 Å². The van der Waals surface area contributed by atoms with Gasteiger partial charge in [0.25, 0.3) is 0 Å². The number of aryl methyl sites for hydroxylation is 3. The van der Waals surface area contributed by atoms with E-state index in [1.54, 1.807) is 0 Å². The third-order valence-electron chi connectivity index (χ3n) is 6.21. The molecule has 2 aromatic carbocycles. The van der Waals surface area contributed by atoms with Crippen molar-refractivity contribution in [2.24, 2.45) is 7.05 Å². The van der Waals surface area contributed by atoms with Gasteiger partial charge in [0.15, 0.2) is 6.20 Å². The fraction of sp³-hybridized carbons (Fsp3) is 0.261. The summed E-state index contributed by atoms with van der Waals surface area (Å²) in [6, 6.07) is 15.9. The molecule has 0 aliphatic heterocycles. The summed E-state index contributed by atoms with van der Waals surface area (Å²) in [6.07, 6.45) is 3.29. The fourth-order valence-electron chi connectivity index (χ4n) is 5.03. The van der Waals surface area contributed by atoms with Crippen molar-refractivity contribution < 1.29 is 4.57 Å². The Morgan fingerprint density at radius 2 is 1.71 bits per heavy atom. The van der Waals surface area contributed by atoms with Crippen LogP contribution < -0.4 is 4.57 Å². The van der Waals surface area contributed by atoms with Gasteiger partial charge in [0.2, 0.25) is 5.69 Å². The number of hydrogen-bond acceptors (Lipinski definition) is 0. The van der Waals surface area contributed by atoms with Gasteiger partial charge in [-0.2, -0.15) is 0 Å². The number of hydrogen-bond donors (Lipinski definition) is 0. The third kappa shape index (κ3) is 1.48. The van der Waals surface area contributed by atoms with Crippen LogP contribution in [0, 0.1) is 13.8 Å². The molecule has 2 aliphatic rings. The molecule has 1 atom stereocenters. The second-order valence-corrected chi connectivity index (χ2v) is 7.67. The van der Waals surface area contributed by atoms with Gasteiger partial charge in [-0.15, -0.1) is 0 Å². The highest BCUT2D eigenvalue weighted by atomic mass is 14.9. The zero-order chi connectivity index (χ0) is 16.6. The van der Waals surface area contributed by atoms with Crippen molar-refractivity contribution in [1.29, 1.82) is 0 Å². The van der Waals surface area contributed by atoms with Crippen molar-refractivity contribution in [3.63, 3.8) is 0 Å². The van der Waals surface area contributed by atoms with Crippen molar-refractivity contribution in [2.45, 2.75) is 32.6 Å². The molecule has 1 aromatic heterocycles. The third-order valence-corrected chi connectivity index (χ3v) is 6.21. The lowest BCUT2D eigenvalue weighted by molar-refractivity contribution is -0.661. The molecule has 1 unspecified atom stereocenters. The second kappa shape index (κ2) is 4.36. The lowest BCUT2D eigenvalue weighted by atomic mass is 9.67. The van der Waals surface area contributed by atoms with Gasteiger partial charge in [0.1, 0.15) is 7.05 Å². The molecule has 1 nitrogen and oxygen atoms in total. The minimum absolute atomic E-state index is 0.0827. The summed E-state index contributed by atoms with van der Waals surface area (Å²) >= 11 is 0. The molecule has 0 spiro atoms. The summed E-state index contributed by atoms with van der Waals surface area (Å²) in [4.78, 5) is 0. The van der Waals surface area contributed by atoms with E-state index in [1.165, 1.54) is 50.2 Å². The SMILES string of the molecule is Cc1cc[n+](C)c2c1CC1(C)c3ccccc3-c3ccc(C)c-2c31. The molecule has 3 aromatic rings. The van der Waals surface area contributed by atoms with Crippen LogP contribution in [-0.4, -0.2) is 0 Å². The molecule has 1 heterocycles. The Morgan fingerprint density at radius 3 is 2.54 bits per heavy atom. The molecule has 0 N–H and O–H groups in total. The van der Waals surface area contributed by atoms with E-state index in [0.717, 1.165) is 6.42 Å². The summed E-state index contributed by atoms with van der Waals surface area (Å²) in [6.45, 7) is 6.96. The van der Waals surface area contributed by atoms with Crippen LogP contribution in [0.4, 0.5) is 0 Å². The van der Waals surface area contributed by atoms with E-state index in [-0.39, 0.29) is 5.41 Å². The van der Waals surface area contributed by atoms with Crippen LogP contribution in [0.25, 0.3) is 22.4 Å². The van der Waals surface area contributed by atoms with Crippen LogP contribution in [-0.2, 0) is 18.9 Å². The number of nitrogens with zero attached hydrogens (tertiary/aromatic N) is 1. The largest absolute Gasteiger partial charge is 0.216 e. The van der Waals surface area contributed by atoms with Crippen LogP contribution in [0.5, 0.6) is 0 Å². The Kier molecular flexibility index (Phi) is 2.54. The first-order valence-corrected chi connectivity index (χ1v) is 8.75. The van der Waals surface area contributed by atoms with Crippen LogP contribution in [0.1, 0.15) is 34.7 Å². The highest BCUT2D eigenvalue weighted by Gasteiger charge is 2.47. The first-order valence-electron chi connectivity index (χ1n) is 8.75. The number of pyridine rings is 1. The normalized spacial score (nSPS) is 19.7. The smallest absolute Gasteiger partial charge is 0.201 e. The average molecular weight is 312 g/mol. The first kappa shape index (κ1) is 14.0. The molecule has 1 heteroatoms. The van der Waals surface area contributed by atoms with E-state index in [0.29, 0.717) is 0 Å². The fourth-order valence-corrected chi connectivity index (χ4v) is 5.03. The van der Waals surface area contributed by atoms with Gasteiger partial charge in [-0.3, -0.25) is 0 Å². The molecule has 0 saturated carbocycles. The number of fused-ring (bicyclic) bond motifs is 5. The maximum atomic E-state index is 2.44. The quantitative estimate of drug-likeness (QED) is 0.533. The standard InChI is InChI=1S/C23H22N/c1-14-11-12-24(4)22-18(14)13-23(3)19-8-6-5-7-16(19)17-10-9-15(2)20(22)21(17)23/h5-12H,13H2,1-4H3/q+1. The van der Waals surface area contributed by atoms with Crippen molar-refractivity contribution >= 4 is 0 Å². The van der Waals surface area contributed by atoms with Crippen LogP contribution >= 0.6 is 0 Å². The molecule has 0 saturated heterocycles. The van der Waals surface area contributed by atoms with Gasteiger partial charge >= 0.3 is 0 Å². The molecule has 0 bridgehead atoms. The summed E-state index contributed by atoms with van der Waals surface area (Å²) in [5.74, 6) is 0. The van der Waals surface area contributed by atoms with E-state index in [1.807, 2.05) is 0 Å². The highest BCUT2D eigenvalue weighted by Crippen LogP contribution is 2.57. The average Bonchev–Trinajstić information content (AvgIpc) is 2.84. The van der Waals surface area contributed by atoms with Crippen molar-refractivity contribution in [1.82, 2.24) is 0 Å². The lowest BCUT2D eigenvalue weighted by Gasteiger charge is -2.34. The number of aromatic nitrogens is 1. The minimum atomic E-state index is 0.0827. The van der Waals surface area contributed by atoms with E-state index < -0.39 is 0 Å². The Hall–Kier alpha value is -2.41. The molecular weight excluding hydrogens is 290 g/mol. The van der Waals surface area contributed by atoms with Crippen molar-refractivity contribution in [2.75, 3.05) is 0 Å². The van der Waals surface area contributed by atoms with Gasteiger partial charge in [-0.05, 0) is 53.6 Å². The van der Waals surface area contributed by atoms with E-state index >= 15 is 0 Å². The van der Waals surface area contributed by atoms with Gasteiger partial charge in [-0.25, -0.2) is 4.57 Å². The van der Waals surface area contributed by atoms with E-state index in [2.05, 4.69) is 81.0 Å². The zero-order valence-electron chi connectivity index (χ0n) is 14.8. The minimum Gasteiger partial charge on any atom is -0.201 e. The maximum absolute atomic E-state index is 2.44. The molecule has 2 aliphatic carbocycles. The Morgan fingerprint density at radius 1 is 0.917 bits per heavy atom.